The minimum absolute atomic E-state index is 0.174. The zero-order valence-electron chi connectivity index (χ0n) is 9.70. The van der Waals surface area contributed by atoms with Crippen molar-refractivity contribution in [1.29, 1.82) is 0 Å². The number of carbonyl (C=O) groups is 1. The van der Waals surface area contributed by atoms with E-state index in [1.807, 2.05) is 24.3 Å². The van der Waals surface area contributed by atoms with Gasteiger partial charge in [0, 0.05) is 17.3 Å². The van der Waals surface area contributed by atoms with Crippen LogP contribution in [0.2, 0.25) is 0 Å². The third-order valence-electron chi connectivity index (χ3n) is 2.59. The fourth-order valence-corrected chi connectivity index (χ4v) is 2.61. The summed E-state index contributed by atoms with van der Waals surface area (Å²) in [5, 5.41) is 9.76. The average Bonchev–Trinajstić information content (AvgIpc) is 2.81. The molecule has 3 rings (SSSR count). The van der Waals surface area contributed by atoms with Crippen LogP contribution in [-0.4, -0.2) is 26.0 Å². The Hall–Kier alpha value is -2.34. The van der Waals surface area contributed by atoms with E-state index in [4.69, 9.17) is 5.11 Å². The van der Waals surface area contributed by atoms with Gasteiger partial charge in [-0.25, -0.2) is 9.78 Å². The molecule has 0 aliphatic rings. The number of pyridine rings is 1. The number of aromatic nitrogens is 3. The summed E-state index contributed by atoms with van der Waals surface area (Å²) in [5.41, 5.74) is 1.96. The van der Waals surface area contributed by atoms with E-state index < -0.39 is 5.97 Å². The summed E-state index contributed by atoms with van der Waals surface area (Å²) in [6, 6.07) is 9.33. The lowest BCUT2D eigenvalue weighted by Gasteiger charge is -2.01. The van der Waals surface area contributed by atoms with Crippen molar-refractivity contribution in [2.75, 3.05) is 0 Å². The topological polar surface area (TPSA) is 78.9 Å². The molecule has 0 bridgehead atoms. The van der Waals surface area contributed by atoms with E-state index in [0.717, 1.165) is 11.0 Å². The molecule has 1 aromatic carbocycles. The number of fused-ring (bicyclic) bond motifs is 1. The maximum absolute atomic E-state index is 11.1. The predicted octanol–water partition coefficient (Wildman–Crippen LogP) is 2.81. The number of nitrogens with one attached hydrogen (secondary N) is 1. The van der Waals surface area contributed by atoms with Crippen LogP contribution in [-0.2, 0) is 0 Å². The van der Waals surface area contributed by atoms with Crippen molar-refractivity contribution in [3.63, 3.8) is 0 Å². The molecule has 2 N–H and O–H groups in total. The van der Waals surface area contributed by atoms with E-state index in [-0.39, 0.29) is 5.56 Å². The Balaban J connectivity index is 1.99. The van der Waals surface area contributed by atoms with Crippen molar-refractivity contribution >= 4 is 28.8 Å². The number of imidazole rings is 1. The Morgan fingerprint density at radius 3 is 2.89 bits per heavy atom. The molecule has 94 valence electrons. The van der Waals surface area contributed by atoms with E-state index in [1.165, 1.54) is 18.0 Å². The Morgan fingerprint density at radius 2 is 2.11 bits per heavy atom. The van der Waals surface area contributed by atoms with E-state index >= 15 is 0 Å². The summed E-state index contributed by atoms with van der Waals surface area (Å²) in [4.78, 5) is 23.1. The molecule has 3 aromatic rings. The number of benzene rings is 1. The van der Waals surface area contributed by atoms with Gasteiger partial charge in [-0.1, -0.05) is 23.9 Å². The Labute approximate surface area is 112 Å². The van der Waals surface area contributed by atoms with Gasteiger partial charge in [0.05, 0.1) is 16.6 Å². The second-order valence-electron chi connectivity index (χ2n) is 3.84. The van der Waals surface area contributed by atoms with Gasteiger partial charge in [-0.3, -0.25) is 4.98 Å². The molecule has 0 fully saturated rings. The molecule has 5 nitrogen and oxygen atoms in total. The third kappa shape index (κ3) is 2.30. The summed E-state index contributed by atoms with van der Waals surface area (Å²) >= 11 is 1.28. The average molecular weight is 271 g/mol. The van der Waals surface area contributed by atoms with Gasteiger partial charge >= 0.3 is 5.97 Å². The third-order valence-corrected chi connectivity index (χ3v) is 3.55. The number of H-pyrrole nitrogens is 1. The molecule has 0 saturated heterocycles. The molecule has 0 aliphatic carbocycles. The minimum Gasteiger partial charge on any atom is -0.478 e. The first-order valence-corrected chi connectivity index (χ1v) is 6.35. The van der Waals surface area contributed by atoms with Gasteiger partial charge in [-0.2, -0.15) is 0 Å². The van der Waals surface area contributed by atoms with Crippen molar-refractivity contribution in [1.82, 2.24) is 15.0 Å². The van der Waals surface area contributed by atoms with Crippen LogP contribution >= 0.6 is 11.8 Å². The number of hydrogen-bond acceptors (Lipinski definition) is 4. The fraction of sp³-hybridized carbons (Fsp3) is 0. The van der Waals surface area contributed by atoms with Crippen LogP contribution in [0.1, 0.15) is 10.4 Å². The first kappa shape index (κ1) is 11.7. The summed E-state index contributed by atoms with van der Waals surface area (Å²) < 4.78 is 0. The van der Waals surface area contributed by atoms with E-state index in [2.05, 4.69) is 15.0 Å². The Morgan fingerprint density at radius 1 is 1.26 bits per heavy atom. The molecule has 2 heterocycles. The van der Waals surface area contributed by atoms with E-state index in [0.29, 0.717) is 10.1 Å². The molecular formula is C13H9N3O2S. The molecule has 0 amide bonds. The monoisotopic (exact) mass is 271 g/mol. The molecule has 0 radical (unpaired) electrons. The Bertz CT molecular complexity index is 721. The SMILES string of the molecule is O=C(O)c1cnccc1Sc1nc2ccccc2[nH]1. The van der Waals surface area contributed by atoms with Crippen molar-refractivity contribution in [3.8, 4) is 0 Å². The number of aromatic carboxylic acids is 1. The quantitative estimate of drug-likeness (QED) is 0.765. The van der Waals surface area contributed by atoms with Crippen LogP contribution in [0, 0.1) is 0 Å². The molecule has 0 spiro atoms. The van der Waals surface area contributed by atoms with Crippen molar-refractivity contribution in [2.24, 2.45) is 0 Å². The molecule has 0 saturated carbocycles. The number of carboxylic acids is 1. The zero-order valence-corrected chi connectivity index (χ0v) is 10.5. The number of rotatable bonds is 3. The molecule has 19 heavy (non-hydrogen) atoms. The Kier molecular flexibility index (Phi) is 2.92. The number of aromatic amines is 1. The number of carboxylic acid groups (broad SMARTS) is 1. The van der Waals surface area contributed by atoms with Crippen LogP contribution in [0.15, 0.2) is 52.8 Å². The van der Waals surface area contributed by atoms with Crippen LogP contribution < -0.4 is 0 Å². The minimum atomic E-state index is -0.994. The number of nitrogens with zero attached hydrogens (tertiary/aromatic N) is 2. The maximum atomic E-state index is 11.1. The number of para-hydroxylation sites is 2. The first-order chi connectivity index (χ1) is 9.24. The normalized spacial score (nSPS) is 10.7. The lowest BCUT2D eigenvalue weighted by atomic mass is 10.3. The van der Waals surface area contributed by atoms with Gasteiger partial charge in [0.15, 0.2) is 5.16 Å². The molecular weight excluding hydrogens is 262 g/mol. The van der Waals surface area contributed by atoms with Gasteiger partial charge in [-0.05, 0) is 18.2 Å². The van der Waals surface area contributed by atoms with Gasteiger partial charge < -0.3 is 10.1 Å². The summed E-state index contributed by atoms with van der Waals surface area (Å²) in [6.07, 6.45) is 2.91. The van der Waals surface area contributed by atoms with Gasteiger partial charge in [0.2, 0.25) is 0 Å². The largest absolute Gasteiger partial charge is 0.478 e. The molecule has 0 unspecified atom stereocenters. The number of hydrogen-bond donors (Lipinski definition) is 2. The van der Waals surface area contributed by atoms with Crippen LogP contribution in [0.3, 0.4) is 0 Å². The summed E-state index contributed by atoms with van der Waals surface area (Å²) in [6.45, 7) is 0. The predicted molar refractivity (Wildman–Crippen MR) is 71.4 cm³/mol. The van der Waals surface area contributed by atoms with Gasteiger partial charge in [-0.15, -0.1) is 0 Å². The lowest BCUT2D eigenvalue weighted by Crippen LogP contribution is -1.99. The van der Waals surface area contributed by atoms with E-state index in [9.17, 15) is 4.79 Å². The van der Waals surface area contributed by atoms with Crippen molar-refractivity contribution in [2.45, 2.75) is 10.1 Å². The zero-order chi connectivity index (χ0) is 13.2. The highest BCUT2D eigenvalue weighted by Gasteiger charge is 2.12. The van der Waals surface area contributed by atoms with Crippen LogP contribution in [0.4, 0.5) is 0 Å². The van der Waals surface area contributed by atoms with E-state index in [1.54, 1.807) is 12.3 Å². The molecule has 0 aliphatic heterocycles. The maximum Gasteiger partial charge on any atom is 0.338 e. The molecule has 0 atom stereocenters. The highest BCUT2D eigenvalue weighted by molar-refractivity contribution is 7.99. The van der Waals surface area contributed by atoms with Gasteiger partial charge in [0.1, 0.15) is 0 Å². The van der Waals surface area contributed by atoms with Crippen LogP contribution in [0.5, 0.6) is 0 Å². The van der Waals surface area contributed by atoms with Crippen molar-refractivity contribution in [3.05, 3.63) is 48.3 Å². The standard InChI is InChI=1S/C13H9N3O2S/c17-12(18)8-7-14-6-5-11(8)19-13-15-9-3-1-2-4-10(9)16-13/h1-7H,(H,15,16)(H,17,18). The summed E-state index contributed by atoms with van der Waals surface area (Å²) in [7, 11) is 0. The second-order valence-corrected chi connectivity index (χ2v) is 4.87. The highest BCUT2D eigenvalue weighted by atomic mass is 32.2. The highest BCUT2D eigenvalue weighted by Crippen LogP contribution is 2.29. The molecule has 6 heteroatoms. The van der Waals surface area contributed by atoms with Crippen molar-refractivity contribution < 1.29 is 9.90 Å². The smallest absolute Gasteiger partial charge is 0.338 e. The van der Waals surface area contributed by atoms with Crippen LogP contribution in [0.25, 0.3) is 11.0 Å². The first-order valence-electron chi connectivity index (χ1n) is 5.54. The lowest BCUT2D eigenvalue weighted by molar-refractivity contribution is 0.0692. The summed E-state index contributed by atoms with van der Waals surface area (Å²) in [5.74, 6) is -0.994. The second kappa shape index (κ2) is 4.74. The molecule has 2 aromatic heterocycles. The van der Waals surface area contributed by atoms with Gasteiger partial charge in [0.25, 0.3) is 0 Å². The fourth-order valence-electron chi connectivity index (χ4n) is 1.71.